The van der Waals surface area contributed by atoms with E-state index in [1.165, 1.54) is 4.31 Å². The molecule has 0 bridgehead atoms. The lowest BCUT2D eigenvalue weighted by atomic mass is 10.2. The molecule has 1 fully saturated rings. The number of hydrogen-bond acceptors (Lipinski definition) is 5. The molecule has 1 amide bonds. The maximum atomic E-state index is 12.6. The van der Waals surface area contributed by atoms with Crippen LogP contribution in [0.4, 0.5) is 4.79 Å². The largest absolute Gasteiger partial charge is 0.443 e. The third-order valence-corrected chi connectivity index (χ3v) is 4.88. The summed E-state index contributed by atoms with van der Waals surface area (Å²) in [6.45, 7) is 11.3. The molecule has 23 heavy (non-hydrogen) atoms. The Labute approximate surface area is 139 Å². The summed E-state index contributed by atoms with van der Waals surface area (Å²) in [4.78, 5) is 11.8. The van der Waals surface area contributed by atoms with Gasteiger partial charge in [-0.25, -0.2) is 9.52 Å². The quantitative estimate of drug-likeness (QED) is 0.713. The summed E-state index contributed by atoms with van der Waals surface area (Å²) in [6.07, 6.45) is 2.70. The highest BCUT2D eigenvalue weighted by Gasteiger charge is 2.33. The molecule has 2 atom stereocenters. The van der Waals surface area contributed by atoms with Crippen LogP contribution in [0.2, 0.25) is 0 Å². The van der Waals surface area contributed by atoms with Crippen LogP contribution in [0, 0.1) is 0 Å². The van der Waals surface area contributed by atoms with Crippen molar-refractivity contribution in [3.05, 3.63) is 12.7 Å². The summed E-state index contributed by atoms with van der Waals surface area (Å²) in [5, 5.41) is 0. The van der Waals surface area contributed by atoms with Gasteiger partial charge in [0, 0.05) is 19.2 Å². The molecule has 0 saturated carbocycles. The summed E-state index contributed by atoms with van der Waals surface area (Å²) < 4.78 is 38.9. The van der Waals surface area contributed by atoms with E-state index in [0.29, 0.717) is 13.0 Å². The standard InChI is InChI=1S/C15H28N2O5S/c1-6-8-12(2)17(11-13-9-7-10-21-13)23(19,20)16-14(18)22-15(3,4)5/h6,12-13H,1,7-11H2,2-5H3,(H,16,18)/t12-,13+/m1/s1. The zero-order valence-electron chi connectivity index (χ0n) is 14.4. The number of nitrogens with zero attached hydrogens (tertiary/aromatic N) is 1. The maximum Gasteiger partial charge on any atom is 0.422 e. The summed E-state index contributed by atoms with van der Waals surface area (Å²) >= 11 is 0. The third kappa shape index (κ3) is 6.88. The molecular formula is C15H28N2O5S. The van der Waals surface area contributed by atoms with Gasteiger partial charge < -0.3 is 9.47 Å². The molecule has 134 valence electrons. The topological polar surface area (TPSA) is 84.9 Å². The molecule has 0 aromatic carbocycles. The summed E-state index contributed by atoms with van der Waals surface area (Å²) in [6, 6.07) is -0.336. The monoisotopic (exact) mass is 348 g/mol. The van der Waals surface area contributed by atoms with Crippen molar-refractivity contribution in [3.8, 4) is 0 Å². The number of hydrogen-bond donors (Lipinski definition) is 1. The Morgan fingerprint density at radius 2 is 2.17 bits per heavy atom. The number of carbonyl (C=O) groups is 1. The van der Waals surface area contributed by atoms with Crippen molar-refractivity contribution >= 4 is 16.3 Å². The Morgan fingerprint density at radius 3 is 2.65 bits per heavy atom. The second-order valence-corrected chi connectivity index (χ2v) is 8.31. The van der Waals surface area contributed by atoms with E-state index in [9.17, 15) is 13.2 Å². The molecule has 1 N–H and O–H groups in total. The first-order valence-corrected chi connectivity index (χ1v) is 9.24. The number of carbonyl (C=O) groups excluding carboxylic acids is 1. The molecule has 1 aliphatic rings. The second-order valence-electron chi connectivity index (χ2n) is 6.69. The number of amides is 1. The van der Waals surface area contributed by atoms with E-state index in [4.69, 9.17) is 9.47 Å². The van der Waals surface area contributed by atoms with Crippen LogP contribution in [0.25, 0.3) is 0 Å². The Balaban J connectivity index is 2.84. The van der Waals surface area contributed by atoms with Crippen LogP contribution in [0.1, 0.15) is 47.0 Å². The van der Waals surface area contributed by atoms with E-state index in [1.807, 2.05) is 4.72 Å². The van der Waals surface area contributed by atoms with Gasteiger partial charge in [0.15, 0.2) is 0 Å². The van der Waals surface area contributed by atoms with E-state index in [2.05, 4.69) is 6.58 Å². The molecule has 1 rings (SSSR count). The van der Waals surface area contributed by atoms with Crippen LogP contribution in [-0.4, -0.2) is 49.7 Å². The predicted molar refractivity (Wildman–Crippen MR) is 88.2 cm³/mol. The minimum Gasteiger partial charge on any atom is -0.443 e. The smallest absolute Gasteiger partial charge is 0.422 e. The Hall–Kier alpha value is -1.12. The molecule has 0 aliphatic carbocycles. The van der Waals surface area contributed by atoms with Gasteiger partial charge >= 0.3 is 16.3 Å². The summed E-state index contributed by atoms with van der Waals surface area (Å²) in [5.41, 5.74) is -0.772. The Morgan fingerprint density at radius 1 is 1.52 bits per heavy atom. The lowest BCUT2D eigenvalue weighted by molar-refractivity contribution is 0.0559. The van der Waals surface area contributed by atoms with Crippen molar-refractivity contribution < 1.29 is 22.7 Å². The van der Waals surface area contributed by atoms with E-state index >= 15 is 0 Å². The SMILES string of the molecule is C=CC[C@@H](C)N(C[C@@H]1CCCO1)S(=O)(=O)NC(=O)OC(C)(C)C. The van der Waals surface area contributed by atoms with Gasteiger partial charge in [0.05, 0.1) is 6.10 Å². The predicted octanol–water partition coefficient (Wildman–Crippen LogP) is 2.20. The van der Waals surface area contributed by atoms with E-state index in [-0.39, 0.29) is 18.7 Å². The maximum absolute atomic E-state index is 12.6. The van der Waals surface area contributed by atoms with E-state index < -0.39 is 21.9 Å². The van der Waals surface area contributed by atoms with Crippen molar-refractivity contribution in [1.82, 2.24) is 9.03 Å². The highest BCUT2D eigenvalue weighted by atomic mass is 32.2. The fourth-order valence-electron chi connectivity index (χ4n) is 2.33. The summed E-state index contributed by atoms with van der Waals surface area (Å²) in [7, 11) is -4.02. The van der Waals surface area contributed by atoms with Crippen molar-refractivity contribution in [2.24, 2.45) is 0 Å². The van der Waals surface area contributed by atoms with E-state index in [1.54, 1.807) is 33.8 Å². The van der Waals surface area contributed by atoms with Crippen LogP contribution in [0.5, 0.6) is 0 Å². The highest BCUT2D eigenvalue weighted by Crippen LogP contribution is 2.18. The molecule has 1 heterocycles. The lowest BCUT2D eigenvalue weighted by Gasteiger charge is -2.30. The van der Waals surface area contributed by atoms with Gasteiger partial charge in [-0.1, -0.05) is 6.08 Å². The first-order valence-electron chi connectivity index (χ1n) is 7.80. The van der Waals surface area contributed by atoms with Crippen molar-refractivity contribution in [2.45, 2.75) is 64.7 Å². The zero-order valence-corrected chi connectivity index (χ0v) is 15.2. The van der Waals surface area contributed by atoms with Crippen LogP contribution >= 0.6 is 0 Å². The molecular weight excluding hydrogens is 320 g/mol. The van der Waals surface area contributed by atoms with Crippen molar-refractivity contribution in [1.29, 1.82) is 0 Å². The zero-order chi connectivity index (χ0) is 17.7. The van der Waals surface area contributed by atoms with Gasteiger partial charge in [-0.3, -0.25) is 0 Å². The third-order valence-electron chi connectivity index (χ3n) is 3.33. The average molecular weight is 348 g/mol. The molecule has 0 unspecified atom stereocenters. The average Bonchev–Trinajstić information content (AvgIpc) is 2.85. The molecule has 0 aromatic heterocycles. The van der Waals surface area contributed by atoms with Gasteiger partial charge in [0.2, 0.25) is 0 Å². The number of rotatable bonds is 7. The number of ether oxygens (including phenoxy) is 2. The molecule has 7 nitrogen and oxygen atoms in total. The van der Waals surface area contributed by atoms with Crippen LogP contribution in [0.3, 0.4) is 0 Å². The van der Waals surface area contributed by atoms with Gasteiger partial charge in [-0.2, -0.15) is 12.7 Å². The van der Waals surface area contributed by atoms with Crippen LogP contribution in [-0.2, 0) is 19.7 Å². The van der Waals surface area contributed by atoms with Gasteiger partial charge in [0.25, 0.3) is 0 Å². The van der Waals surface area contributed by atoms with Gasteiger partial charge in [0.1, 0.15) is 5.60 Å². The first kappa shape index (κ1) is 19.9. The lowest BCUT2D eigenvalue weighted by Crippen LogP contribution is -2.50. The molecule has 8 heteroatoms. The summed E-state index contributed by atoms with van der Waals surface area (Å²) in [5.74, 6) is 0. The number of nitrogens with one attached hydrogen (secondary N) is 1. The molecule has 0 spiro atoms. The fourth-order valence-corrected chi connectivity index (χ4v) is 3.62. The van der Waals surface area contributed by atoms with Crippen molar-refractivity contribution in [2.75, 3.05) is 13.2 Å². The van der Waals surface area contributed by atoms with Gasteiger partial charge in [-0.05, 0) is 47.0 Å². The van der Waals surface area contributed by atoms with Crippen LogP contribution < -0.4 is 4.72 Å². The molecule has 1 saturated heterocycles. The molecule has 0 radical (unpaired) electrons. The molecule has 1 aliphatic heterocycles. The first-order chi connectivity index (χ1) is 10.5. The van der Waals surface area contributed by atoms with E-state index in [0.717, 1.165) is 12.8 Å². The normalized spacial score (nSPS) is 20.3. The van der Waals surface area contributed by atoms with Gasteiger partial charge in [-0.15, -0.1) is 6.58 Å². The minimum absolute atomic E-state index is 0.155. The van der Waals surface area contributed by atoms with Crippen molar-refractivity contribution in [3.63, 3.8) is 0 Å². The fraction of sp³-hybridized carbons (Fsp3) is 0.800. The Kier molecular flexibility index (Phi) is 7.03. The Bertz CT molecular complexity index is 506. The second kappa shape index (κ2) is 8.12. The minimum atomic E-state index is -4.02. The molecule has 0 aromatic rings. The van der Waals surface area contributed by atoms with Crippen LogP contribution in [0.15, 0.2) is 12.7 Å². The highest BCUT2D eigenvalue weighted by molar-refractivity contribution is 7.87.